The molecule has 0 saturated heterocycles. The highest BCUT2D eigenvalue weighted by Crippen LogP contribution is 2.33. The van der Waals surface area contributed by atoms with Gasteiger partial charge in [-0.2, -0.15) is 0 Å². The number of halogens is 1. The van der Waals surface area contributed by atoms with Crippen molar-refractivity contribution in [1.82, 2.24) is 10.6 Å². The standard InChI is InChI=1S/C24H24FN3O3/c1-16-14-17-6-2-5-9-21(17)28(16)15-22-19(10-13-31-22)24(30)27-12-11-26-23(29)18-7-3-4-8-20(18)25/h2-10,13,16H,11-12,14-15H2,1H3,(H,26,29)(H,27,30). The maximum absolute atomic E-state index is 13.7. The SMILES string of the molecule is CC1Cc2ccccc2N1Cc1occc1C(=O)NCCNC(=O)c1ccccc1F. The molecule has 2 heterocycles. The predicted molar refractivity (Wildman–Crippen MR) is 116 cm³/mol. The van der Waals surface area contributed by atoms with Crippen LogP contribution in [0.15, 0.2) is 65.3 Å². The van der Waals surface area contributed by atoms with Crippen LogP contribution in [-0.4, -0.2) is 30.9 Å². The third-order valence-electron chi connectivity index (χ3n) is 5.47. The molecule has 6 nitrogen and oxygen atoms in total. The lowest BCUT2D eigenvalue weighted by Gasteiger charge is -2.24. The van der Waals surface area contributed by atoms with E-state index >= 15 is 0 Å². The number of nitrogens with zero attached hydrogens (tertiary/aromatic N) is 1. The lowest BCUT2D eigenvalue weighted by Crippen LogP contribution is -2.35. The number of para-hydroxylation sites is 1. The van der Waals surface area contributed by atoms with Gasteiger partial charge in [0.25, 0.3) is 11.8 Å². The van der Waals surface area contributed by atoms with Gasteiger partial charge in [0.05, 0.1) is 23.9 Å². The van der Waals surface area contributed by atoms with Crippen LogP contribution in [0.2, 0.25) is 0 Å². The summed E-state index contributed by atoms with van der Waals surface area (Å²) in [6.45, 7) is 3.05. The summed E-state index contributed by atoms with van der Waals surface area (Å²) in [5, 5.41) is 5.38. The van der Waals surface area contributed by atoms with Gasteiger partial charge in [0.15, 0.2) is 0 Å². The summed E-state index contributed by atoms with van der Waals surface area (Å²) in [5.41, 5.74) is 2.90. The van der Waals surface area contributed by atoms with Gasteiger partial charge in [0.2, 0.25) is 0 Å². The number of carbonyl (C=O) groups is 2. The number of nitrogens with one attached hydrogen (secondary N) is 2. The average Bonchev–Trinajstić information content (AvgIpc) is 3.36. The molecule has 1 unspecified atom stereocenters. The molecule has 1 atom stereocenters. The van der Waals surface area contributed by atoms with Crippen LogP contribution in [0, 0.1) is 5.82 Å². The van der Waals surface area contributed by atoms with Crippen LogP contribution in [0.25, 0.3) is 0 Å². The summed E-state index contributed by atoms with van der Waals surface area (Å²) in [5.74, 6) is -0.775. The maximum atomic E-state index is 13.7. The van der Waals surface area contributed by atoms with E-state index in [1.165, 1.54) is 30.0 Å². The van der Waals surface area contributed by atoms with Crippen molar-refractivity contribution in [2.75, 3.05) is 18.0 Å². The number of amides is 2. The van der Waals surface area contributed by atoms with Crippen LogP contribution in [0.1, 0.15) is 39.0 Å². The molecule has 0 radical (unpaired) electrons. The molecule has 0 bridgehead atoms. The molecule has 160 valence electrons. The van der Waals surface area contributed by atoms with Crippen molar-refractivity contribution in [2.24, 2.45) is 0 Å². The maximum Gasteiger partial charge on any atom is 0.254 e. The largest absolute Gasteiger partial charge is 0.467 e. The fourth-order valence-corrected chi connectivity index (χ4v) is 3.88. The van der Waals surface area contributed by atoms with Crippen LogP contribution in [-0.2, 0) is 13.0 Å². The fraction of sp³-hybridized carbons (Fsp3) is 0.250. The van der Waals surface area contributed by atoms with E-state index in [1.807, 2.05) is 12.1 Å². The Bertz CT molecular complexity index is 1090. The Balaban J connectivity index is 1.32. The van der Waals surface area contributed by atoms with Crippen molar-refractivity contribution < 1.29 is 18.4 Å². The third kappa shape index (κ3) is 4.45. The minimum atomic E-state index is -0.579. The van der Waals surface area contributed by atoms with Gasteiger partial charge in [0.1, 0.15) is 11.6 Å². The first-order valence-electron chi connectivity index (χ1n) is 10.3. The number of carbonyl (C=O) groups excluding carboxylic acids is 2. The molecule has 2 amide bonds. The molecule has 0 fully saturated rings. The number of fused-ring (bicyclic) bond motifs is 1. The molecule has 1 aromatic heterocycles. The number of anilines is 1. The van der Waals surface area contributed by atoms with E-state index in [0.717, 1.165) is 12.1 Å². The van der Waals surface area contributed by atoms with Crippen molar-refractivity contribution in [2.45, 2.75) is 25.9 Å². The normalized spacial score (nSPS) is 14.9. The number of benzene rings is 2. The lowest BCUT2D eigenvalue weighted by atomic mass is 10.1. The molecule has 1 aliphatic heterocycles. The summed E-state index contributed by atoms with van der Waals surface area (Å²) in [7, 11) is 0. The van der Waals surface area contributed by atoms with E-state index < -0.39 is 11.7 Å². The number of hydrogen-bond acceptors (Lipinski definition) is 4. The molecular formula is C24H24FN3O3. The molecule has 1 aliphatic rings. The fourth-order valence-electron chi connectivity index (χ4n) is 3.88. The molecule has 2 N–H and O–H groups in total. The van der Waals surface area contributed by atoms with Crippen LogP contribution in [0.5, 0.6) is 0 Å². The molecule has 4 rings (SSSR count). The predicted octanol–water partition coefficient (Wildman–Crippen LogP) is 3.53. The van der Waals surface area contributed by atoms with Gasteiger partial charge in [-0.25, -0.2) is 4.39 Å². The summed E-state index contributed by atoms with van der Waals surface area (Å²) in [6.07, 6.45) is 2.47. The average molecular weight is 421 g/mol. The molecule has 0 aliphatic carbocycles. The van der Waals surface area contributed by atoms with Gasteiger partial charge in [0, 0.05) is 24.8 Å². The molecule has 0 saturated carbocycles. The van der Waals surface area contributed by atoms with Crippen LogP contribution in [0.3, 0.4) is 0 Å². The molecule has 2 aromatic carbocycles. The second-order valence-electron chi connectivity index (χ2n) is 7.56. The monoisotopic (exact) mass is 421 g/mol. The lowest BCUT2D eigenvalue weighted by molar-refractivity contribution is 0.0924. The second kappa shape index (κ2) is 9.04. The Labute approximate surface area is 180 Å². The van der Waals surface area contributed by atoms with Crippen molar-refractivity contribution in [1.29, 1.82) is 0 Å². The van der Waals surface area contributed by atoms with Crippen LogP contribution in [0.4, 0.5) is 10.1 Å². The van der Waals surface area contributed by atoms with Crippen molar-refractivity contribution in [3.8, 4) is 0 Å². The van der Waals surface area contributed by atoms with Crippen molar-refractivity contribution >= 4 is 17.5 Å². The zero-order valence-corrected chi connectivity index (χ0v) is 17.2. The van der Waals surface area contributed by atoms with Gasteiger partial charge in [-0.1, -0.05) is 30.3 Å². The van der Waals surface area contributed by atoms with E-state index in [0.29, 0.717) is 23.9 Å². The van der Waals surface area contributed by atoms with Crippen molar-refractivity contribution in [3.05, 3.63) is 89.1 Å². The first-order chi connectivity index (χ1) is 15.0. The van der Waals surface area contributed by atoms with Gasteiger partial charge in [-0.3, -0.25) is 9.59 Å². The van der Waals surface area contributed by atoms with Gasteiger partial charge in [-0.05, 0) is 43.2 Å². The second-order valence-corrected chi connectivity index (χ2v) is 7.56. The Morgan fingerprint density at radius 2 is 1.68 bits per heavy atom. The Kier molecular flexibility index (Phi) is 6.02. The Hall–Kier alpha value is -3.61. The summed E-state index contributed by atoms with van der Waals surface area (Å²) >= 11 is 0. The quantitative estimate of drug-likeness (QED) is 0.573. The van der Waals surface area contributed by atoms with Gasteiger partial charge >= 0.3 is 0 Å². The molecular weight excluding hydrogens is 397 g/mol. The molecule has 31 heavy (non-hydrogen) atoms. The Morgan fingerprint density at radius 3 is 2.45 bits per heavy atom. The minimum absolute atomic E-state index is 0.0223. The zero-order valence-electron chi connectivity index (χ0n) is 17.2. The first-order valence-corrected chi connectivity index (χ1v) is 10.3. The smallest absolute Gasteiger partial charge is 0.254 e. The van der Waals surface area contributed by atoms with Crippen LogP contribution >= 0.6 is 0 Å². The number of hydrogen-bond donors (Lipinski definition) is 2. The van der Waals surface area contributed by atoms with E-state index in [1.54, 1.807) is 12.1 Å². The molecule has 0 spiro atoms. The number of furan rings is 1. The zero-order chi connectivity index (χ0) is 21.8. The topological polar surface area (TPSA) is 74.6 Å². The molecule has 3 aromatic rings. The van der Waals surface area contributed by atoms with Gasteiger partial charge < -0.3 is 20.0 Å². The number of rotatable bonds is 7. The summed E-state index contributed by atoms with van der Waals surface area (Å²) in [6, 6.07) is 16.0. The summed E-state index contributed by atoms with van der Waals surface area (Å²) in [4.78, 5) is 26.9. The van der Waals surface area contributed by atoms with E-state index in [9.17, 15) is 14.0 Å². The minimum Gasteiger partial charge on any atom is -0.467 e. The highest BCUT2D eigenvalue weighted by atomic mass is 19.1. The van der Waals surface area contributed by atoms with E-state index in [4.69, 9.17) is 4.42 Å². The third-order valence-corrected chi connectivity index (χ3v) is 5.47. The Morgan fingerprint density at radius 1 is 1.00 bits per heavy atom. The molecule has 7 heteroatoms. The van der Waals surface area contributed by atoms with E-state index in [-0.39, 0.29) is 24.6 Å². The van der Waals surface area contributed by atoms with Crippen LogP contribution < -0.4 is 15.5 Å². The highest BCUT2D eigenvalue weighted by Gasteiger charge is 2.27. The van der Waals surface area contributed by atoms with Crippen molar-refractivity contribution in [3.63, 3.8) is 0 Å². The van der Waals surface area contributed by atoms with E-state index in [2.05, 4.69) is 34.6 Å². The highest BCUT2D eigenvalue weighted by molar-refractivity contribution is 5.96. The van der Waals surface area contributed by atoms with Gasteiger partial charge in [-0.15, -0.1) is 0 Å². The first kappa shape index (κ1) is 20.7. The summed E-state index contributed by atoms with van der Waals surface area (Å²) < 4.78 is 19.3.